The smallest absolute Gasteiger partial charge is 0.171 e. The van der Waals surface area contributed by atoms with Gasteiger partial charge in [0.05, 0.1) is 37.1 Å². The Morgan fingerprint density at radius 3 is 2.53 bits per heavy atom. The fraction of sp³-hybridized carbons (Fsp3) is 0.938. The lowest BCUT2D eigenvalue weighted by Gasteiger charge is -2.58. The molecule has 2 N–H and O–H groups in total. The number of allylic oxidation sites excluding steroid dienone is 1. The Morgan fingerprint density at radius 1 is 1.00 bits per heavy atom. The lowest BCUT2D eigenvalue weighted by Crippen LogP contribution is -2.58. The fourth-order valence-electron chi connectivity index (χ4n) is 9.62. The minimum atomic E-state index is -0.817. The average molecular weight is 533 g/mol. The molecule has 1 unspecified atom stereocenters. The molecule has 0 aromatic rings. The number of fused-ring (bicyclic) bond motifs is 4. The first-order valence-corrected chi connectivity index (χ1v) is 15.6. The highest BCUT2D eigenvalue weighted by atomic mass is 16.7. The molecule has 38 heavy (non-hydrogen) atoms. The summed E-state index contributed by atoms with van der Waals surface area (Å²) in [6.45, 7) is 12.7. The van der Waals surface area contributed by atoms with Gasteiger partial charge in [0.15, 0.2) is 5.79 Å². The van der Waals surface area contributed by atoms with Gasteiger partial charge in [-0.15, -0.1) is 0 Å². The third-order valence-electron chi connectivity index (χ3n) is 11.7. The average Bonchev–Trinajstić information content (AvgIpc) is 3.14. The Labute approximate surface area is 229 Å². The molecule has 0 radical (unpaired) electrons. The van der Waals surface area contributed by atoms with Crippen LogP contribution in [0.25, 0.3) is 0 Å². The summed E-state index contributed by atoms with van der Waals surface area (Å²) in [6.07, 6.45) is 11.1. The van der Waals surface area contributed by atoms with E-state index >= 15 is 0 Å². The van der Waals surface area contributed by atoms with Crippen molar-refractivity contribution in [2.75, 3.05) is 33.0 Å². The van der Waals surface area contributed by atoms with Gasteiger partial charge in [-0.2, -0.15) is 0 Å². The van der Waals surface area contributed by atoms with Crippen molar-refractivity contribution < 1.29 is 29.2 Å². The summed E-state index contributed by atoms with van der Waals surface area (Å²) in [5.41, 5.74) is 1.32. The highest BCUT2D eigenvalue weighted by Gasteiger charge is 2.63. The van der Waals surface area contributed by atoms with Crippen LogP contribution in [0.2, 0.25) is 0 Å². The van der Waals surface area contributed by atoms with E-state index in [9.17, 15) is 10.2 Å². The van der Waals surface area contributed by atoms with E-state index in [0.29, 0.717) is 50.6 Å². The van der Waals surface area contributed by atoms with Gasteiger partial charge >= 0.3 is 0 Å². The largest absolute Gasteiger partial charge is 0.389 e. The van der Waals surface area contributed by atoms with Crippen LogP contribution in [0.5, 0.6) is 0 Å². The van der Waals surface area contributed by atoms with Gasteiger partial charge in [0, 0.05) is 36.9 Å². The molecule has 0 aromatic heterocycles. The van der Waals surface area contributed by atoms with E-state index in [2.05, 4.69) is 27.7 Å². The van der Waals surface area contributed by atoms with Crippen LogP contribution in [0.15, 0.2) is 11.1 Å². The maximum Gasteiger partial charge on any atom is 0.171 e. The maximum absolute atomic E-state index is 12.1. The molecule has 0 bridgehead atoms. The number of ether oxygens (including phenoxy) is 4. The molecule has 5 fully saturated rings. The zero-order valence-electron chi connectivity index (χ0n) is 24.4. The predicted octanol–water partition coefficient (Wildman–Crippen LogP) is 5.54. The van der Waals surface area contributed by atoms with Crippen LogP contribution >= 0.6 is 0 Å². The Hall–Kier alpha value is -0.500. The Morgan fingerprint density at radius 2 is 1.79 bits per heavy atom. The number of hydrogen-bond acceptors (Lipinski definition) is 6. The van der Waals surface area contributed by atoms with E-state index in [1.54, 1.807) is 0 Å². The number of aliphatic hydroxyl groups is 2. The molecular weight excluding hydrogens is 480 g/mol. The normalized spacial score (nSPS) is 45.9. The molecule has 0 aromatic carbocycles. The van der Waals surface area contributed by atoms with Gasteiger partial charge in [0.25, 0.3) is 0 Å². The zero-order chi connectivity index (χ0) is 26.8. The summed E-state index contributed by atoms with van der Waals surface area (Å²) < 4.78 is 24.3. The van der Waals surface area contributed by atoms with Crippen molar-refractivity contribution in [3.05, 3.63) is 11.1 Å². The molecule has 216 valence electrons. The summed E-state index contributed by atoms with van der Waals surface area (Å²) in [7, 11) is 0. The third-order valence-corrected chi connectivity index (χ3v) is 11.7. The molecule has 1 spiro atoms. The minimum absolute atomic E-state index is 0.0300. The van der Waals surface area contributed by atoms with Crippen LogP contribution in [0.3, 0.4) is 0 Å². The lowest BCUT2D eigenvalue weighted by atomic mass is 9.50. The van der Waals surface area contributed by atoms with Crippen LogP contribution in [-0.2, 0) is 18.9 Å². The summed E-state index contributed by atoms with van der Waals surface area (Å²) in [6, 6.07) is 0. The van der Waals surface area contributed by atoms with Crippen LogP contribution in [0.1, 0.15) is 105 Å². The standard InChI is InChI=1S/C32H52O6/c1-22-17-29(4)25(9-13-31(29,34)11-6-16-36-23-7-5-15-35-18-23)24-8-12-30(33)19-32(14-10-26(30)27(22)24)37-20-28(2,3)21-38-32/h22-25,33-34H,5-21H2,1-4H3/t22-,23?,24-,25-,29-,30+,31-/m0/s1. The van der Waals surface area contributed by atoms with Crippen molar-refractivity contribution in [1.82, 2.24) is 0 Å². The van der Waals surface area contributed by atoms with Gasteiger partial charge in [0.2, 0.25) is 0 Å². The number of rotatable bonds is 5. The van der Waals surface area contributed by atoms with Gasteiger partial charge in [-0.1, -0.05) is 33.3 Å². The Kier molecular flexibility index (Phi) is 7.14. The second kappa shape index (κ2) is 9.80. The highest BCUT2D eigenvalue weighted by molar-refractivity contribution is 5.37. The maximum atomic E-state index is 12.1. The summed E-state index contributed by atoms with van der Waals surface area (Å²) in [5.74, 6) is 0.712. The van der Waals surface area contributed by atoms with Crippen molar-refractivity contribution in [1.29, 1.82) is 0 Å². The van der Waals surface area contributed by atoms with Gasteiger partial charge in [0.1, 0.15) is 0 Å². The van der Waals surface area contributed by atoms with E-state index in [0.717, 1.165) is 77.2 Å². The summed E-state index contributed by atoms with van der Waals surface area (Å²) >= 11 is 0. The Balaban J connectivity index is 1.15. The molecule has 4 aliphatic carbocycles. The fourth-order valence-corrected chi connectivity index (χ4v) is 9.62. The zero-order valence-corrected chi connectivity index (χ0v) is 24.4. The van der Waals surface area contributed by atoms with Gasteiger partial charge in [-0.3, -0.25) is 0 Å². The topological polar surface area (TPSA) is 77.4 Å². The third kappa shape index (κ3) is 4.63. The van der Waals surface area contributed by atoms with Crippen molar-refractivity contribution in [2.45, 2.75) is 128 Å². The second-order valence-corrected chi connectivity index (χ2v) is 15.0. The molecule has 6 heteroatoms. The lowest BCUT2D eigenvalue weighted by molar-refractivity contribution is -0.322. The van der Waals surface area contributed by atoms with Crippen molar-refractivity contribution in [2.24, 2.45) is 28.6 Å². The molecule has 0 amide bonds. The summed E-state index contributed by atoms with van der Waals surface area (Å²) in [4.78, 5) is 0. The molecule has 6 nitrogen and oxygen atoms in total. The van der Waals surface area contributed by atoms with Gasteiger partial charge in [-0.25, -0.2) is 0 Å². The quantitative estimate of drug-likeness (QED) is 0.358. The monoisotopic (exact) mass is 532 g/mol. The van der Waals surface area contributed by atoms with Gasteiger partial charge < -0.3 is 29.2 Å². The number of hydrogen-bond donors (Lipinski definition) is 2. The van der Waals surface area contributed by atoms with Crippen molar-refractivity contribution in [3.8, 4) is 0 Å². The second-order valence-electron chi connectivity index (χ2n) is 15.0. The van der Waals surface area contributed by atoms with Crippen LogP contribution in [0.4, 0.5) is 0 Å². The molecule has 6 rings (SSSR count). The van der Waals surface area contributed by atoms with E-state index in [-0.39, 0.29) is 16.9 Å². The summed E-state index contributed by atoms with van der Waals surface area (Å²) in [5, 5.41) is 24.2. The van der Waals surface area contributed by atoms with Crippen LogP contribution < -0.4 is 0 Å². The molecule has 2 aliphatic heterocycles. The van der Waals surface area contributed by atoms with Crippen LogP contribution in [0, 0.1) is 28.6 Å². The van der Waals surface area contributed by atoms with E-state index in [4.69, 9.17) is 18.9 Å². The van der Waals surface area contributed by atoms with Crippen molar-refractivity contribution >= 4 is 0 Å². The first kappa shape index (κ1) is 27.7. The first-order chi connectivity index (χ1) is 18.0. The van der Waals surface area contributed by atoms with Crippen LogP contribution in [-0.4, -0.2) is 66.3 Å². The predicted molar refractivity (Wildman–Crippen MR) is 146 cm³/mol. The van der Waals surface area contributed by atoms with E-state index in [1.165, 1.54) is 11.1 Å². The highest BCUT2D eigenvalue weighted by Crippen LogP contribution is 2.67. The van der Waals surface area contributed by atoms with Crippen molar-refractivity contribution in [3.63, 3.8) is 0 Å². The SMILES string of the molecule is C[C@H]1C[C@@]2(C)[C@@H](CC[C@@]2(O)CCCOC2CCCOC2)[C@@H]2CC[C@@]3(O)CC4(CCC3=C21)OCC(C)(C)CO4. The molecule has 2 heterocycles. The van der Waals surface area contributed by atoms with E-state index in [1.807, 2.05) is 0 Å². The molecular formula is C32H52O6. The molecule has 7 atom stereocenters. The van der Waals surface area contributed by atoms with E-state index < -0.39 is 17.0 Å². The molecule has 3 saturated carbocycles. The minimum Gasteiger partial charge on any atom is -0.389 e. The first-order valence-electron chi connectivity index (χ1n) is 15.6. The van der Waals surface area contributed by atoms with Gasteiger partial charge in [-0.05, 0) is 87.5 Å². The molecule has 6 aliphatic rings. The molecule has 2 saturated heterocycles. The Bertz CT molecular complexity index is 913.